The minimum atomic E-state index is -0.447. The summed E-state index contributed by atoms with van der Waals surface area (Å²) >= 11 is 0.838. The first kappa shape index (κ1) is 20.9. The number of thioether (sulfide) groups is 1. The van der Waals surface area contributed by atoms with E-state index in [1.807, 2.05) is 13.8 Å². The predicted molar refractivity (Wildman–Crippen MR) is 111 cm³/mol. The third-order valence-electron chi connectivity index (χ3n) is 4.55. The summed E-state index contributed by atoms with van der Waals surface area (Å²) in [5, 5.41) is -0.423. The maximum Gasteiger partial charge on any atom is 0.293 e. The van der Waals surface area contributed by atoms with Crippen molar-refractivity contribution in [3.8, 4) is 11.5 Å². The van der Waals surface area contributed by atoms with E-state index in [0.29, 0.717) is 22.6 Å². The van der Waals surface area contributed by atoms with Crippen LogP contribution in [0.25, 0.3) is 6.08 Å². The lowest BCUT2D eigenvalue weighted by Gasteiger charge is -2.15. The number of amides is 2. The van der Waals surface area contributed by atoms with E-state index in [-0.39, 0.29) is 17.6 Å². The molecule has 2 aromatic rings. The van der Waals surface area contributed by atoms with E-state index in [2.05, 4.69) is 0 Å². The van der Waals surface area contributed by atoms with Crippen molar-refractivity contribution in [1.29, 1.82) is 0 Å². The smallest absolute Gasteiger partial charge is 0.293 e. The molecule has 0 unspecified atom stereocenters. The normalized spacial score (nSPS) is 16.4. The molecule has 7 heteroatoms. The van der Waals surface area contributed by atoms with E-state index in [4.69, 9.17) is 9.47 Å². The second-order valence-corrected chi connectivity index (χ2v) is 7.60. The Balaban J connectivity index is 1.81. The van der Waals surface area contributed by atoms with Crippen molar-refractivity contribution in [2.45, 2.75) is 32.9 Å². The van der Waals surface area contributed by atoms with Crippen LogP contribution in [0.5, 0.6) is 11.5 Å². The van der Waals surface area contributed by atoms with Crippen LogP contribution >= 0.6 is 11.8 Å². The Morgan fingerprint density at radius 3 is 2.62 bits per heavy atom. The minimum absolute atomic E-state index is 0.0460. The van der Waals surface area contributed by atoms with Gasteiger partial charge in [0.25, 0.3) is 11.1 Å². The van der Waals surface area contributed by atoms with Gasteiger partial charge in [0.1, 0.15) is 5.82 Å². The van der Waals surface area contributed by atoms with Crippen LogP contribution in [0.4, 0.5) is 9.18 Å². The van der Waals surface area contributed by atoms with Gasteiger partial charge in [0.05, 0.1) is 24.7 Å². The first-order valence-electron chi connectivity index (χ1n) is 9.26. The van der Waals surface area contributed by atoms with Gasteiger partial charge in [0.15, 0.2) is 11.5 Å². The van der Waals surface area contributed by atoms with Gasteiger partial charge in [-0.3, -0.25) is 14.5 Å². The summed E-state index contributed by atoms with van der Waals surface area (Å²) in [7, 11) is 1.55. The van der Waals surface area contributed by atoms with E-state index in [1.54, 1.807) is 49.6 Å². The zero-order valence-corrected chi connectivity index (χ0v) is 17.3. The molecule has 1 fully saturated rings. The molecular formula is C22H22FNO4S. The number of ether oxygens (including phenoxy) is 2. The SMILES string of the molecule is CC[C@@H](C)Oc1ccc(/C=C2/SC(=O)N(Cc3ccccc3F)C2=O)cc1OC. The zero-order valence-electron chi connectivity index (χ0n) is 16.5. The van der Waals surface area contributed by atoms with Gasteiger partial charge in [-0.25, -0.2) is 4.39 Å². The molecule has 1 saturated heterocycles. The molecule has 0 aliphatic carbocycles. The molecule has 2 aromatic carbocycles. The molecule has 0 radical (unpaired) electrons. The molecule has 152 valence electrons. The molecule has 0 bridgehead atoms. The number of imide groups is 1. The summed E-state index contributed by atoms with van der Waals surface area (Å²) in [5.41, 5.74) is 0.999. The molecule has 5 nitrogen and oxygen atoms in total. The average Bonchev–Trinajstić information content (AvgIpc) is 2.97. The summed E-state index contributed by atoms with van der Waals surface area (Å²) in [6.07, 6.45) is 2.53. The highest BCUT2D eigenvalue weighted by molar-refractivity contribution is 8.18. The second-order valence-electron chi connectivity index (χ2n) is 6.61. The van der Waals surface area contributed by atoms with Crippen LogP contribution in [0.1, 0.15) is 31.4 Å². The molecule has 0 N–H and O–H groups in total. The van der Waals surface area contributed by atoms with Gasteiger partial charge in [-0.2, -0.15) is 0 Å². The quantitative estimate of drug-likeness (QED) is 0.578. The van der Waals surface area contributed by atoms with Gasteiger partial charge >= 0.3 is 0 Å². The molecule has 0 spiro atoms. The number of carbonyl (C=O) groups excluding carboxylic acids is 2. The summed E-state index contributed by atoms with van der Waals surface area (Å²) < 4.78 is 25.1. The molecule has 1 aliphatic heterocycles. The standard InChI is InChI=1S/C22H22FNO4S/c1-4-14(2)28-18-10-9-15(11-19(18)27-3)12-20-21(25)24(22(26)29-20)13-16-7-5-6-8-17(16)23/h5-12,14H,4,13H2,1-3H3/b20-12+/t14-/m1/s1. The maximum absolute atomic E-state index is 13.9. The third-order valence-corrected chi connectivity index (χ3v) is 5.46. The lowest BCUT2D eigenvalue weighted by atomic mass is 10.1. The van der Waals surface area contributed by atoms with Crippen molar-refractivity contribution in [3.63, 3.8) is 0 Å². The Morgan fingerprint density at radius 1 is 1.17 bits per heavy atom. The van der Waals surface area contributed by atoms with Gasteiger partial charge in [-0.1, -0.05) is 31.2 Å². The fraction of sp³-hybridized carbons (Fsp3) is 0.273. The largest absolute Gasteiger partial charge is 0.493 e. The Bertz CT molecular complexity index is 960. The van der Waals surface area contributed by atoms with Crippen molar-refractivity contribution < 1.29 is 23.5 Å². The fourth-order valence-electron chi connectivity index (χ4n) is 2.76. The second kappa shape index (κ2) is 9.13. The van der Waals surface area contributed by atoms with Crippen LogP contribution in [0.2, 0.25) is 0 Å². The lowest BCUT2D eigenvalue weighted by molar-refractivity contribution is -0.123. The summed E-state index contributed by atoms with van der Waals surface area (Å²) in [6, 6.07) is 11.4. The summed E-state index contributed by atoms with van der Waals surface area (Å²) in [5.74, 6) is 0.274. The van der Waals surface area contributed by atoms with Crippen LogP contribution < -0.4 is 9.47 Å². The Kier molecular flexibility index (Phi) is 6.59. The molecule has 1 atom stereocenters. The van der Waals surface area contributed by atoms with Crippen molar-refractivity contribution in [2.24, 2.45) is 0 Å². The van der Waals surface area contributed by atoms with Gasteiger partial charge in [0, 0.05) is 5.56 Å². The van der Waals surface area contributed by atoms with Crippen LogP contribution in [0.3, 0.4) is 0 Å². The molecule has 2 amide bonds. The van der Waals surface area contributed by atoms with Gasteiger partial charge < -0.3 is 9.47 Å². The molecule has 3 rings (SSSR count). The molecular weight excluding hydrogens is 393 g/mol. The van der Waals surface area contributed by atoms with Crippen molar-refractivity contribution >= 4 is 29.0 Å². The van der Waals surface area contributed by atoms with Crippen LogP contribution in [-0.2, 0) is 11.3 Å². The summed E-state index contributed by atoms with van der Waals surface area (Å²) in [6.45, 7) is 3.90. The highest BCUT2D eigenvalue weighted by Gasteiger charge is 2.35. The molecule has 1 aliphatic rings. The topological polar surface area (TPSA) is 55.8 Å². The highest BCUT2D eigenvalue weighted by atomic mass is 32.2. The fourth-order valence-corrected chi connectivity index (χ4v) is 3.59. The predicted octanol–water partition coefficient (Wildman–Crippen LogP) is 5.25. The number of rotatable bonds is 7. The summed E-state index contributed by atoms with van der Waals surface area (Å²) in [4.78, 5) is 26.3. The average molecular weight is 415 g/mol. The minimum Gasteiger partial charge on any atom is -0.493 e. The number of nitrogens with zero attached hydrogens (tertiary/aromatic N) is 1. The Hall–Kier alpha value is -2.80. The van der Waals surface area contributed by atoms with Crippen molar-refractivity contribution in [2.75, 3.05) is 7.11 Å². The van der Waals surface area contributed by atoms with Crippen LogP contribution in [-0.4, -0.2) is 29.3 Å². The molecule has 29 heavy (non-hydrogen) atoms. The lowest BCUT2D eigenvalue weighted by Crippen LogP contribution is -2.27. The van der Waals surface area contributed by atoms with E-state index in [1.165, 1.54) is 6.07 Å². The molecule has 0 aromatic heterocycles. The van der Waals surface area contributed by atoms with E-state index < -0.39 is 17.0 Å². The molecule has 1 heterocycles. The van der Waals surface area contributed by atoms with Crippen LogP contribution in [0.15, 0.2) is 47.4 Å². The van der Waals surface area contributed by atoms with Gasteiger partial charge in [0.2, 0.25) is 0 Å². The van der Waals surface area contributed by atoms with Crippen molar-refractivity contribution in [3.05, 3.63) is 64.3 Å². The van der Waals surface area contributed by atoms with E-state index in [0.717, 1.165) is 23.1 Å². The highest BCUT2D eigenvalue weighted by Crippen LogP contribution is 2.35. The number of hydrogen-bond acceptors (Lipinski definition) is 5. The van der Waals surface area contributed by atoms with Gasteiger partial charge in [-0.05, 0) is 54.9 Å². The maximum atomic E-state index is 13.9. The van der Waals surface area contributed by atoms with E-state index >= 15 is 0 Å². The molecule has 0 saturated carbocycles. The van der Waals surface area contributed by atoms with E-state index in [9.17, 15) is 14.0 Å². The Morgan fingerprint density at radius 2 is 1.93 bits per heavy atom. The number of carbonyl (C=O) groups is 2. The van der Waals surface area contributed by atoms with Crippen molar-refractivity contribution in [1.82, 2.24) is 4.90 Å². The van der Waals surface area contributed by atoms with Gasteiger partial charge in [-0.15, -0.1) is 0 Å². The first-order valence-corrected chi connectivity index (χ1v) is 10.1. The third kappa shape index (κ3) is 4.79. The van der Waals surface area contributed by atoms with Crippen LogP contribution in [0, 0.1) is 5.82 Å². The number of benzene rings is 2. The monoisotopic (exact) mass is 415 g/mol. The first-order chi connectivity index (χ1) is 13.9. The number of hydrogen-bond donors (Lipinski definition) is 0. The Labute approximate surface area is 173 Å². The number of methoxy groups -OCH3 is 1. The zero-order chi connectivity index (χ0) is 21.0. The number of halogens is 1.